The first kappa shape index (κ1) is 30.3. The van der Waals surface area contributed by atoms with Gasteiger partial charge in [-0.3, -0.25) is 9.59 Å². The van der Waals surface area contributed by atoms with Crippen LogP contribution in [0.25, 0.3) is 0 Å². The van der Waals surface area contributed by atoms with Gasteiger partial charge >= 0.3 is 0 Å². The molecule has 0 fully saturated rings. The van der Waals surface area contributed by atoms with Crippen molar-refractivity contribution in [3.63, 3.8) is 0 Å². The average Bonchev–Trinajstić information content (AvgIpc) is 2.74. The van der Waals surface area contributed by atoms with E-state index in [1.807, 2.05) is 0 Å². The molecule has 0 rings (SSSR count). The molecule has 0 aliphatic carbocycles. The number of aliphatic hydroxyl groups excluding tert-OH is 1. The number of ketones is 2. The van der Waals surface area contributed by atoms with Gasteiger partial charge in [-0.25, -0.2) is 0 Å². The molecule has 4 nitrogen and oxygen atoms in total. The molecule has 0 aromatic carbocycles. The van der Waals surface area contributed by atoms with Crippen molar-refractivity contribution in [2.24, 2.45) is 11.7 Å². The van der Waals surface area contributed by atoms with E-state index in [9.17, 15) is 14.7 Å². The number of rotatable bonds is 24. The highest BCUT2D eigenvalue weighted by atomic mass is 16.3. The van der Waals surface area contributed by atoms with E-state index in [4.69, 9.17) is 5.73 Å². The first-order chi connectivity index (χ1) is 15.0. The van der Waals surface area contributed by atoms with Gasteiger partial charge in [-0.05, 0) is 12.8 Å². The number of hydrogen-bond acceptors (Lipinski definition) is 4. The molecular formula is C27H53NO3. The molecular weight excluding hydrogens is 386 g/mol. The third-order valence-electron chi connectivity index (χ3n) is 6.36. The lowest BCUT2D eigenvalue weighted by atomic mass is 9.91. The highest BCUT2D eigenvalue weighted by Gasteiger charge is 2.26. The van der Waals surface area contributed by atoms with Gasteiger partial charge in [0.1, 0.15) is 17.8 Å². The van der Waals surface area contributed by atoms with Crippen molar-refractivity contribution in [3.05, 3.63) is 0 Å². The van der Waals surface area contributed by atoms with Crippen molar-refractivity contribution in [2.75, 3.05) is 0 Å². The minimum absolute atomic E-state index is 0.0432. The van der Waals surface area contributed by atoms with Crippen molar-refractivity contribution in [1.82, 2.24) is 0 Å². The van der Waals surface area contributed by atoms with Crippen LogP contribution in [-0.4, -0.2) is 22.9 Å². The summed E-state index contributed by atoms with van der Waals surface area (Å²) < 4.78 is 0. The van der Waals surface area contributed by atoms with Crippen LogP contribution in [0, 0.1) is 5.92 Å². The largest absolute Gasteiger partial charge is 0.378 e. The Kier molecular flexibility index (Phi) is 21.9. The third kappa shape index (κ3) is 19.7. The lowest BCUT2D eigenvalue weighted by Gasteiger charge is -2.18. The lowest BCUT2D eigenvalue weighted by Crippen LogP contribution is -2.36. The first-order valence-corrected chi connectivity index (χ1v) is 13.5. The topological polar surface area (TPSA) is 80.4 Å². The molecule has 0 saturated heterocycles. The molecule has 184 valence electrons. The van der Waals surface area contributed by atoms with Crippen LogP contribution in [0.1, 0.15) is 149 Å². The predicted octanol–water partition coefficient (Wildman–Crippen LogP) is 7.25. The summed E-state index contributed by atoms with van der Waals surface area (Å²) in [6.45, 7) is 4.46. The molecule has 3 N–H and O–H groups in total. The summed E-state index contributed by atoms with van der Waals surface area (Å²) in [5.41, 5.74) is 5.62. The van der Waals surface area contributed by atoms with Crippen LogP contribution in [0.4, 0.5) is 0 Å². The number of carbonyl (C=O) groups excluding carboxylic acids is 2. The Labute approximate surface area is 193 Å². The Bertz CT molecular complexity index is 423. The van der Waals surface area contributed by atoms with Gasteiger partial charge in [-0.2, -0.15) is 0 Å². The summed E-state index contributed by atoms with van der Waals surface area (Å²) in [4.78, 5) is 24.7. The van der Waals surface area contributed by atoms with Crippen LogP contribution in [0.5, 0.6) is 0 Å². The minimum atomic E-state index is -1.22. The van der Waals surface area contributed by atoms with Crippen molar-refractivity contribution in [2.45, 2.75) is 155 Å². The molecule has 2 atom stereocenters. The van der Waals surface area contributed by atoms with E-state index in [1.165, 1.54) is 83.5 Å². The van der Waals surface area contributed by atoms with Gasteiger partial charge in [0, 0.05) is 19.3 Å². The van der Waals surface area contributed by atoms with Crippen molar-refractivity contribution < 1.29 is 14.7 Å². The lowest BCUT2D eigenvalue weighted by molar-refractivity contribution is -0.131. The molecule has 0 aromatic rings. The molecule has 2 unspecified atom stereocenters. The van der Waals surface area contributed by atoms with Crippen molar-refractivity contribution >= 4 is 11.6 Å². The third-order valence-corrected chi connectivity index (χ3v) is 6.36. The summed E-state index contributed by atoms with van der Waals surface area (Å²) in [5.74, 6) is -0.698. The highest BCUT2D eigenvalue weighted by molar-refractivity contribution is 5.88. The Morgan fingerprint density at radius 3 is 1.35 bits per heavy atom. The molecule has 0 spiro atoms. The van der Waals surface area contributed by atoms with Gasteiger partial charge in [0.15, 0.2) is 0 Å². The molecule has 31 heavy (non-hydrogen) atoms. The monoisotopic (exact) mass is 439 g/mol. The van der Waals surface area contributed by atoms with Crippen LogP contribution >= 0.6 is 0 Å². The Morgan fingerprint density at radius 2 is 0.968 bits per heavy atom. The van der Waals surface area contributed by atoms with E-state index in [0.717, 1.165) is 32.1 Å². The Morgan fingerprint density at radius 1 is 0.613 bits per heavy atom. The summed E-state index contributed by atoms with van der Waals surface area (Å²) in [6.07, 6.45) is 21.6. The average molecular weight is 440 g/mol. The van der Waals surface area contributed by atoms with E-state index >= 15 is 0 Å². The molecule has 0 aliphatic rings. The van der Waals surface area contributed by atoms with Gasteiger partial charge in [0.25, 0.3) is 0 Å². The predicted molar refractivity (Wildman–Crippen MR) is 132 cm³/mol. The molecule has 0 heterocycles. The Hall–Kier alpha value is -0.740. The number of hydrogen-bond donors (Lipinski definition) is 2. The number of unbranched alkanes of at least 4 members (excludes halogenated alkanes) is 16. The minimum Gasteiger partial charge on any atom is -0.378 e. The van der Waals surface area contributed by atoms with Crippen LogP contribution in [0.15, 0.2) is 0 Å². The van der Waals surface area contributed by atoms with Crippen LogP contribution < -0.4 is 5.73 Å². The molecule has 0 aliphatic heterocycles. The SMILES string of the molecule is CCCCCCCCCCCC(=O)CC(C(=O)CCCCCCCCCCC)C(N)O. The maximum Gasteiger partial charge on any atom is 0.140 e. The number of nitrogens with two attached hydrogens (primary N) is 1. The highest BCUT2D eigenvalue weighted by Crippen LogP contribution is 2.17. The normalized spacial score (nSPS) is 13.3. The van der Waals surface area contributed by atoms with Crippen molar-refractivity contribution in [3.8, 4) is 0 Å². The standard InChI is InChI=1S/C27H53NO3/c1-3-5-7-9-11-13-15-17-19-21-24(29)23-25(27(28)31)26(30)22-20-18-16-14-12-10-8-6-4-2/h25,27,31H,3-23,28H2,1-2H3. The van der Waals surface area contributed by atoms with E-state index in [2.05, 4.69) is 13.8 Å². The maximum absolute atomic E-state index is 12.5. The fourth-order valence-electron chi connectivity index (χ4n) is 4.20. The first-order valence-electron chi connectivity index (χ1n) is 13.5. The number of carbonyl (C=O) groups is 2. The zero-order chi connectivity index (χ0) is 23.2. The van der Waals surface area contributed by atoms with Gasteiger partial charge in [0.05, 0.1) is 5.92 Å². The zero-order valence-corrected chi connectivity index (χ0v) is 20.8. The molecule has 0 aromatic heterocycles. The molecule has 0 bridgehead atoms. The summed E-state index contributed by atoms with van der Waals surface area (Å²) in [7, 11) is 0. The van der Waals surface area contributed by atoms with E-state index in [-0.39, 0.29) is 18.0 Å². The second kappa shape index (κ2) is 22.5. The van der Waals surface area contributed by atoms with E-state index in [0.29, 0.717) is 12.8 Å². The summed E-state index contributed by atoms with van der Waals surface area (Å²) in [6, 6.07) is 0. The molecule has 0 radical (unpaired) electrons. The summed E-state index contributed by atoms with van der Waals surface area (Å²) >= 11 is 0. The molecule has 4 heteroatoms. The van der Waals surface area contributed by atoms with Gasteiger partial charge in [-0.1, -0.05) is 117 Å². The summed E-state index contributed by atoms with van der Waals surface area (Å²) in [5, 5.41) is 9.81. The fraction of sp³-hybridized carbons (Fsp3) is 0.926. The maximum atomic E-state index is 12.5. The smallest absolute Gasteiger partial charge is 0.140 e. The fourth-order valence-corrected chi connectivity index (χ4v) is 4.20. The van der Waals surface area contributed by atoms with Crippen LogP contribution in [-0.2, 0) is 9.59 Å². The molecule has 0 amide bonds. The Balaban J connectivity index is 3.82. The second-order valence-electron chi connectivity index (χ2n) is 9.46. The zero-order valence-electron chi connectivity index (χ0n) is 20.8. The number of Topliss-reactive ketones (excluding diaryl/α,β-unsaturated/α-hetero) is 2. The molecule has 0 saturated carbocycles. The van der Waals surface area contributed by atoms with Crippen LogP contribution in [0.3, 0.4) is 0 Å². The quantitative estimate of drug-likeness (QED) is 0.123. The van der Waals surface area contributed by atoms with Gasteiger partial charge in [-0.15, -0.1) is 0 Å². The van der Waals surface area contributed by atoms with Gasteiger partial charge in [0.2, 0.25) is 0 Å². The van der Waals surface area contributed by atoms with Crippen LogP contribution in [0.2, 0.25) is 0 Å². The van der Waals surface area contributed by atoms with E-state index in [1.54, 1.807) is 0 Å². The van der Waals surface area contributed by atoms with Crippen molar-refractivity contribution in [1.29, 1.82) is 0 Å². The van der Waals surface area contributed by atoms with E-state index < -0.39 is 12.1 Å². The van der Waals surface area contributed by atoms with Gasteiger partial charge < -0.3 is 10.8 Å². The number of aliphatic hydroxyl groups is 1. The second-order valence-corrected chi connectivity index (χ2v) is 9.46.